The Labute approximate surface area is 192 Å². The van der Waals surface area contributed by atoms with E-state index in [2.05, 4.69) is 47.5 Å². The van der Waals surface area contributed by atoms with Gasteiger partial charge in [-0.3, -0.25) is 9.78 Å². The van der Waals surface area contributed by atoms with Gasteiger partial charge in [-0.1, -0.05) is 54.6 Å². The molecular weight excluding hydrogens is 418 g/mol. The van der Waals surface area contributed by atoms with E-state index in [-0.39, 0.29) is 18.5 Å². The number of fused-ring (bicyclic) bond motifs is 1. The van der Waals surface area contributed by atoms with Crippen LogP contribution in [-0.4, -0.2) is 23.3 Å². The van der Waals surface area contributed by atoms with Crippen molar-refractivity contribution < 1.29 is 14.3 Å². The summed E-state index contributed by atoms with van der Waals surface area (Å²) in [5, 5.41) is 0. The maximum atomic E-state index is 12.7. The van der Waals surface area contributed by atoms with Crippen LogP contribution in [0.2, 0.25) is 0 Å². The van der Waals surface area contributed by atoms with E-state index in [4.69, 9.17) is 9.47 Å². The molecule has 3 aromatic rings. The van der Waals surface area contributed by atoms with Gasteiger partial charge >= 0.3 is 0 Å². The molecule has 4 nitrogen and oxygen atoms in total. The minimum absolute atomic E-state index is 0.132. The van der Waals surface area contributed by atoms with Gasteiger partial charge in [-0.25, -0.2) is 0 Å². The van der Waals surface area contributed by atoms with E-state index in [1.54, 1.807) is 18.0 Å². The van der Waals surface area contributed by atoms with Crippen molar-refractivity contribution in [3.63, 3.8) is 0 Å². The van der Waals surface area contributed by atoms with Gasteiger partial charge in [-0.2, -0.15) is 0 Å². The lowest BCUT2D eigenvalue weighted by Gasteiger charge is -2.20. The Hall–Kier alpha value is -3.31. The van der Waals surface area contributed by atoms with Crippen LogP contribution < -0.4 is 9.47 Å². The molecule has 0 bridgehead atoms. The normalized spacial score (nSPS) is 16.6. The summed E-state index contributed by atoms with van der Waals surface area (Å²) in [7, 11) is 0. The molecule has 2 aliphatic rings. The monoisotopic (exact) mass is 441 g/mol. The van der Waals surface area contributed by atoms with Gasteiger partial charge in [0.1, 0.15) is 5.78 Å². The van der Waals surface area contributed by atoms with Crippen LogP contribution in [0.25, 0.3) is 5.57 Å². The first-order valence-electron chi connectivity index (χ1n) is 10.7. The average molecular weight is 442 g/mol. The molecule has 0 fully saturated rings. The Morgan fingerprint density at radius 1 is 1.00 bits per heavy atom. The molecule has 0 spiro atoms. The summed E-state index contributed by atoms with van der Waals surface area (Å²) in [5.74, 6) is 2.38. The van der Waals surface area contributed by atoms with Crippen LogP contribution in [-0.2, 0) is 11.2 Å². The van der Waals surface area contributed by atoms with E-state index >= 15 is 0 Å². The van der Waals surface area contributed by atoms with Crippen LogP contribution >= 0.6 is 11.8 Å². The maximum absolute atomic E-state index is 12.7. The molecule has 1 aliphatic heterocycles. The molecule has 2 heterocycles. The predicted molar refractivity (Wildman–Crippen MR) is 128 cm³/mol. The number of aryl methyl sites for hydroxylation is 1. The summed E-state index contributed by atoms with van der Waals surface area (Å²) < 4.78 is 10.8. The van der Waals surface area contributed by atoms with Crippen LogP contribution in [0.15, 0.2) is 90.1 Å². The Bertz CT molecular complexity index is 1170. The molecule has 5 rings (SSSR count). The quantitative estimate of drug-likeness (QED) is 0.441. The predicted octanol–water partition coefficient (Wildman–Crippen LogP) is 5.81. The van der Waals surface area contributed by atoms with Gasteiger partial charge in [0.25, 0.3) is 0 Å². The third-order valence-corrected chi connectivity index (χ3v) is 6.85. The molecule has 2 aromatic carbocycles. The van der Waals surface area contributed by atoms with Crippen molar-refractivity contribution in [2.45, 2.75) is 18.8 Å². The molecule has 0 amide bonds. The van der Waals surface area contributed by atoms with E-state index in [1.807, 2.05) is 36.5 Å². The Morgan fingerprint density at radius 3 is 2.72 bits per heavy atom. The van der Waals surface area contributed by atoms with Crippen molar-refractivity contribution in [2.75, 3.05) is 12.5 Å². The van der Waals surface area contributed by atoms with Crippen LogP contribution in [0.3, 0.4) is 0 Å². The number of carbonyl (C=O) groups excluding carboxylic acids is 1. The van der Waals surface area contributed by atoms with Crippen molar-refractivity contribution >= 4 is 23.1 Å². The highest BCUT2D eigenvalue weighted by molar-refractivity contribution is 8.03. The number of hydrogen-bond acceptors (Lipinski definition) is 5. The highest BCUT2D eigenvalue weighted by atomic mass is 32.2. The minimum Gasteiger partial charge on any atom is -0.454 e. The molecule has 1 unspecified atom stereocenters. The lowest BCUT2D eigenvalue weighted by atomic mass is 9.90. The zero-order valence-corrected chi connectivity index (χ0v) is 18.4. The van der Waals surface area contributed by atoms with Crippen molar-refractivity contribution in [1.82, 2.24) is 4.98 Å². The molecule has 1 atom stereocenters. The van der Waals surface area contributed by atoms with Crippen LogP contribution in [0.5, 0.6) is 11.5 Å². The summed E-state index contributed by atoms with van der Waals surface area (Å²) in [5.41, 5.74) is 4.66. The van der Waals surface area contributed by atoms with Crippen LogP contribution in [0.4, 0.5) is 0 Å². The topological polar surface area (TPSA) is 48.4 Å². The van der Waals surface area contributed by atoms with E-state index in [0.29, 0.717) is 18.6 Å². The fraction of sp³-hybridized carbons (Fsp3) is 0.185. The van der Waals surface area contributed by atoms with Crippen molar-refractivity contribution in [3.8, 4) is 11.5 Å². The number of aromatic nitrogens is 1. The lowest BCUT2D eigenvalue weighted by molar-refractivity contribution is -0.116. The standard InChI is InChI=1S/C27H23NO3S/c29-22(10-8-19-9-12-24-25(15-19)31-18-30-24)17-32-26-13-11-23(21-7-4-14-28-16-21)27(26)20-5-2-1-3-6-20/h1-7,9,11-16,27H,8,10,17-18H2. The highest BCUT2D eigenvalue weighted by Gasteiger charge is 2.27. The summed E-state index contributed by atoms with van der Waals surface area (Å²) in [6.45, 7) is 0.265. The number of rotatable bonds is 8. The number of nitrogens with zero attached hydrogens (tertiary/aromatic N) is 1. The smallest absolute Gasteiger partial charge is 0.231 e. The number of hydrogen-bond donors (Lipinski definition) is 0. The molecule has 0 N–H and O–H groups in total. The van der Waals surface area contributed by atoms with Gasteiger partial charge in [-0.05, 0) is 51.8 Å². The summed E-state index contributed by atoms with van der Waals surface area (Å²) in [6.07, 6.45) is 9.22. The molecule has 1 aromatic heterocycles. The highest BCUT2D eigenvalue weighted by Crippen LogP contribution is 2.46. The second-order valence-electron chi connectivity index (χ2n) is 7.79. The maximum Gasteiger partial charge on any atom is 0.231 e. The molecule has 0 radical (unpaired) electrons. The molecule has 1 aliphatic carbocycles. The third kappa shape index (κ3) is 4.48. The average Bonchev–Trinajstić information content (AvgIpc) is 3.49. The van der Waals surface area contributed by atoms with Crippen molar-refractivity contribution in [1.29, 1.82) is 0 Å². The van der Waals surface area contributed by atoms with E-state index < -0.39 is 0 Å². The lowest BCUT2D eigenvalue weighted by Crippen LogP contribution is -2.06. The van der Waals surface area contributed by atoms with Gasteiger partial charge in [0.2, 0.25) is 6.79 Å². The Kier molecular flexibility index (Phi) is 6.08. The Balaban J connectivity index is 1.23. The number of Topliss-reactive ketones (excluding diaryl/α,β-unsaturated/α-hetero) is 1. The first-order valence-corrected chi connectivity index (χ1v) is 11.7. The third-order valence-electron chi connectivity index (χ3n) is 5.68. The van der Waals surface area contributed by atoms with Crippen molar-refractivity contribution in [2.24, 2.45) is 0 Å². The molecule has 32 heavy (non-hydrogen) atoms. The fourth-order valence-corrected chi connectivity index (χ4v) is 5.12. The molecule has 0 saturated heterocycles. The number of thioether (sulfide) groups is 1. The minimum atomic E-state index is 0.132. The first-order chi connectivity index (χ1) is 15.8. The molecule has 160 valence electrons. The van der Waals surface area contributed by atoms with E-state index in [0.717, 1.165) is 22.6 Å². The first kappa shape index (κ1) is 20.6. The molecular formula is C27H23NO3S. The summed E-state index contributed by atoms with van der Waals surface area (Å²) in [6, 6.07) is 20.4. The van der Waals surface area contributed by atoms with Gasteiger partial charge in [0, 0.05) is 24.7 Å². The molecule has 5 heteroatoms. The number of ketones is 1. The van der Waals surface area contributed by atoms with Crippen LogP contribution in [0.1, 0.15) is 29.0 Å². The zero-order chi connectivity index (χ0) is 21.8. The number of benzene rings is 2. The number of allylic oxidation sites excluding steroid dienone is 4. The molecule has 0 saturated carbocycles. The van der Waals surface area contributed by atoms with Gasteiger partial charge in [0.05, 0.1) is 5.75 Å². The van der Waals surface area contributed by atoms with Crippen LogP contribution in [0, 0.1) is 0 Å². The van der Waals surface area contributed by atoms with E-state index in [1.165, 1.54) is 16.0 Å². The second-order valence-corrected chi connectivity index (χ2v) is 8.84. The largest absolute Gasteiger partial charge is 0.454 e. The number of pyridine rings is 1. The SMILES string of the molecule is O=C(CCc1ccc2c(c1)OCO2)CSC1=CC=C(c2cccnc2)C1c1ccccc1. The fourth-order valence-electron chi connectivity index (χ4n) is 4.05. The van der Waals surface area contributed by atoms with Gasteiger partial charge in [0.15, 0.2) is 11.5 Å². The number of carbonyl (C=O) groups is 1. The Morgan fingerprint density at radius 2 is 1.88 bits per heavy atom. The zero-order valence-electron chi connectivity index (χ0n) is 17.6. The van der Waals surface area contributed by atoms with E-state index in [9.17, 15) is 4.79 Å². The van der Waals surface area contributed by atoms with Gasteiger partial charge in [-0.15, -0.1) is 11.8 Å². The number of ether oxygens (including phenoxy) is 2. The van der Waals surface area contributed by atoms with Gasteiger partial charge < -0.3 is 9.47 Å². The summed E-state index contributed by atoms with van der Waals surface area (Å²) in [4.78, 5) is 18.2. The summed E-state index contributed by atoms with van der Waals surface area (Å²) >= 11 is 1.64. The van der Waals surface area contributed by atoms with Crippen molar-refractivity contribution in [3.05, 3.63) is 107 Å². The second kappa shape index (κ2) is 9.45.